The molecule has 0 aliphatic rings. The highest BCUT2D eigenvalue weighted by molar-refractivity contribution is 6.32. The summed E-state index contributed by atoms with van der Waals surface area (Å²) in [5.74, 6) is 0. The van der Waals surface area contributed by atoms with Crippen molar-refractivity contribution in [2.24, 2.45) is 0 Å². The molecule has 0 fully saturated rings. The van der Waals surface area contributed by atoms with Gasteiger partial charge in [-0.2, -0.15) is 0 Å². The fourth-order valence-corrected chi connectivity index (χ4v) is 1.37. The summed E-state index contributed by atoms with van der Waals surface area (Å²) in [6.45, 7) is 4.28. The zero-order valence-electron chi connectivity index (χ0n) is 8.92. The van der Waals surface area contributed by atoms with Crippen LogP contribution in [0.4, 0.5) is 0 Å². The van der Waals surface area contributed by atoms with Crippen LogP contribution < -0.4 is 10.8 Å². The van der Waals surface area contributed by atoms with E-state index in [2.05, 4.69) is 24.4 Å². The van der Waals surface area contributed by atoms with Crippen molar-refractivity contribution in [3.8, 4) is 0 Å². The van der Waals surface area contributed by atoms with E-state index in [4.69, 9.17) is 7.85 Å². The molecule has 74 valence electrons. The summed E-state index contributed by atoms with van der Waals surface area (Å²) in [5, 5.41) is 3.42. The molecule has 1 nitrogen and oxygen atoms in total. The van der Waals surface area contributed by atoms with Gasteiger partial charge in [-0.15, -0.1) is 0 Å². The zero-order valence-corrected chi connectivity index (χ0v) is 8.92. The SMILES string of the molecule is [B]c1ccc(CNCCCCC)cc1. The minimum absolute atomic E-state index is 0.833. The van der Waals surface area contributed by atoms with Crippen molar-refractivity contribution in [1.82, 2.24) is 5.32 Å². The maximum absolute atomic E-state index is 5.60. The molecule has 1 aromatic carbocycles. The first kappa shape index (κ1) is 11.3. The molecule has 2 radical (unpaired) electrons. The Morgan fingerprint density at radius 3 is 2.50 bits per heavy atom. The summed E-state index contributed by atoms with van der Waals surface area (Å²) in [4.78, 5) is 0. The summed E-state index contributed by atoms with van der Waals surface area (Å²) in [6, 6.07) is 8.04. The minimum Gasteiger partial charge on any atom is -0.313 e. The molecular weight excluding hydrogens is 169 g/mol. The van der Waals surface area contributed by atoms with Crippen LogP contribution in [0.2, 0.25) is 0 Å². The average Bonchev–Trinajstić information content (AvgIpc) is 2.21. The van der Waals surface area contributed by atoms with Crippen LogP contribution >= 0.6 is 0 Å². The number of hydrogen-bond donors (Lipinski definition) is 1. The van der Waals surface area contributed by atoms with E-state index in [9.17, 15) is 0 Å². The molecule has 0 aliphatic carbocycles. The monoisotopic (exact) mass is 187 g/mol. The van der Waals surface area contributed by atoms with Gasteiger partial charge in [0.2, 0.25) is 0 Å². The fourth-order valence-electron chi connectivity index (χ4n) is 1.37. The van der Waals surface area contributed by atoms with Gasteiger partial charge in [0.1, 0.15) is 7.85 Å². The van der Waals surface area contributed by atoms with Gasteiger partial charge in [-0.1, -0.05) is 49.5 Å². The lowest BCUT2D eigenvalue weighted by molar-refractivity contribution is 0.617. The Kier molecular flexibility index (Phi) is 5.39. The predicted octanol–water partition coefficient (Wildman–Crippen LogP) is 1.76. The molecule has 0 spiro atoms. The van der Waals surface area contributed by atoms with Crippen LogP contribution in [0.1, 0.15) is 31.7 Å². The summed E-state index contributed by atoms with van der Waals surface area (Å²) in [6.07, 6.45) is 3.86. The highest BCUT2D eigenvalue weighted by Crippen LogP contribution is 1.96. The van der Waals surface area contributed by atoms with Gasteiger partial charge < -0.3 is 5.32 Å². The lowest BCUT2D eigenvalue weighted by Gasteiger charge is -2.04. The van der Waals surface area contributed by atoms with E-state index < -0.39 is 0 Å². The molecule has 14 heavy (non-hydrogen) atoms. The van der Waals surface area contributed by atoms with Gasteiger partial charge in [-0.25, -0.2) is 0 Å². The topological polar surface area (TPSA) is 12.0 Å². The standard InChI is InChI=1S/C12H18BN/c1-2-3-4-9-14-10-11-5-7-12(13)8-6-11/h5-8,14H,2-4,9-10H2,1H3. The van der Waals surface area contributed by atoms with Gasteiger partial charge in [-0.3, -0.25) is 0 Å². The lowest BCUT2D eigenvalue weighted by atomic mass is 9.95. The second-order valence-corrected chi connectivity index (χ2v) is 3.63. The smallest absolute Gasteiger partial charge is 0.113 e. The third-order valence-corrected chi connectivity index (χ3v) is 2.27. The molecule has 0 bridgehead atoms. The van der Waals surface area contributed by atoms with Crippen LogP contribution in [0.15, 0.2) is 24.3 Å². The van der Waals surface area contributed by atoms with Gasteiger partial charge in [0.15, 0.2) is 0 Å². The number of rotatable bonds is 6. The number of benzene rings is 1. The fraction of sp³-hybridized carbons (Fsp3) is 0.500. The van der Waals surface area contributed by atoms with E-state index in [0.717, 1.165) is 18.6 Å². The average molecular weight is 187 g/mol. The summed E-state index contributed by atoms with van der Waals surface area (Å²) >= 11 is 0. The quantitative estimate of drug-likeness (QED) is 0.528. The van der Waals surface area contributed by atoms with Crippen LogP contribution in [0, 0.1) is 0 Å². The van der Waals surface area contributed by atoms with Crippen molar-refractivity contribution < 1.29 is 0 Å². The van der Waals surface area contributed by atoms with Crippen LogP contribution in [0.5, 0.6) is 0 Å². The van der Waals surface area contributed by atoms with Gasteiger partial charge in [0.05, 0.1) is 0 Å². The number of nitrogens with one attached hydrogen (secondary N) is 1. The van der Waals surface area contributed by atoms with Crippen molar-refractivity contribution in [3.63, 3.8) is 0 Å². The Bertz CT molecular complexity index is 243. The molecular formula is C12H18BN. The summed E-state index contributed by atoms with van der Waals surface area (Å²) in [5.41, 5.74) is 2.13. The Labute approximate surface area is 88.3 Å². The number of unbranched alkanes of at least 4 members (excludes halogenated alkanes) is 2. The predicted molar refractivity (Wildman–Crippen MR) is 63.1 cm³/mol. The first-order chi connectivity index (χ1) is 6.83. The van der Waals surface area contributed by atoms with Gasteiger partial charge in [0.25, 0.3) is 0 Å². The van der Waals surface area contributed by atoms with Crippen molar-refractivity contribution >= 4 is 13.3 Å². The second kappa shape index (κ2) is 6.66. The molecule has 0 aliphatic heterocycles. The Morgan fingerprint density at radius 1 is 1.14 bits per heavy atom. The van der Waals surface area contributed by atoms with E-state index in [0.29, 0.717) is 0 Å². The Morgan fingerprint density at radius 2 is 1.86 bits per heavy atom. The van der Waals surface area contributed by atoms with E-state index in [1.165, 1.54) is 24.8 Å². The molecule has 1 rings (SSSR count). The van der Waals surface area contributed by atoms with Crippen LogP contribution in [0.25, 0.3) is 0 Å². The molecule has 0 amide bonds. The van der Waals surface area contributed by atoms with E-state index in [1.54, 1.807) is 0 Å². The largest absolute Gasteiger partial charge is 0.313 e. The highest BCUT2D eigenvalue weighted by atomic mass is 14.8. The molecule has 0 saturated heterocycles. The molecule has 0 unspecified atom stereocenters. The molecule has 0 atom stereocenters. The molecule has 0 aromatic heterocycles. The summed E-state index contributed by atoms with van der Waals surface area (Å²) in [7, 11) is 5.60. The molecule has 0 heterocycles. The maximum Gasteiger partial charge on any atom is 0.113 e. The first-order valence-corrected chi connectivity index (χ1v) is 5.38. The van der Waals surface area contributed by atoms with E-state index in [1.807, 2.05) is 12.1 Å². The van der Waals surface area contributed by atoms with Crippen molar-refractivity contribution in [2.75, 3.05) is 6.54 Å². The third kappa shape index (κ3) is 4.47. The molecule has 0 saturated carbocycles. The van der Waals surface area contributed by atoms with E-state index in [-0.39, 0.29) is 0 Å². The van der Waals surface area contributed by atoms with Crippen LogP contribution in [0.3, 0.4) is 0 Å². The Balaban J connectivity index is 2.15. The van der Waals surface area contributed by atoms with Crippen molar-refractivity contribution in [3.05, 3.63) is 29.8 Å². The van der Waals surface area contributed by atoms with Crippen LogP contribution in [-0.4, -0.2) is 14.4 Å². The van der Waals surface area contributed by atoms with Gasteiger partial charge in [0, 0.05) is 6.54 Å². The van der Waals surface area contributed by atoms with Crippen LogP contribution in [-0.2, 0) is 6.54 Å². The summed E-state index contributed by atoms with van der Waals surface area (Å²) < 4.78 is 0. The normalized spacial score (nSPS) is 10.4. The van der Waals surface area contributed by atoms with Gasteiger partial charge >= 0.3 is 0 Å². The van der Waals surface area contributed by atoms with Gasteiger partial charge in [-0.05, 0) is 18.5 Å². The van der Waals surface area contributed by atoms with E-state index >= 15 is 0 Å². The minimum atomic E-state index is 0.833. The Hall–Kier alpha value is -0.755. The lowest BCUT2D eigenvalue weighted by Crippen LogP contribution is -2.15. The second-order valence-electron chi connectivity index (χ2n) is 3.63. The molecule has 1 N–H and O–H groups in total. The number of hydrogen-bond acceptors (Lipinski definition) is 1. The zero-order chi connectivity index (χ0) is 10.2. The third-order valence-electron chi connectivity index (χ3n) is 2.27. The maximum atomic E-state index is 5.60. The molecule has 2 heteroatoms. The first-order valence-electron chi connectivity index (χ1n) is 5.38. The van der Waals surface area contributed by atoms with Crippen molar-refractivity contribution in [2.45, 2.75) is 32.7 Å². The highest BCUT2D eigenvalue weighted by Gasteiger charge is 1.91. The van der Waals surface area contributed by atoms with Crippen molar-refractivity contribution in [1.29, 1.82) is 0 Å². The molecule has 1 aromatic rings.